The van der Waals surface area contributed by atoms with Crippen LogP contribution in [0.2, 0.25) is 0 Å². The minimum absolute atomic E-state index is 0.198. The monoisotopic (exact) mass is 198 g/mol. The van der Waals surface area contributed by atoms with Gasteiger partial charge in [-0.15, -0.1) is 0 Å². The van der Waals surface area contributed by atoms with Crippen molar-refractivity contribution in [3.63, 3.8) is 0 Å². The number of hydrogen-bond acceptors (Lipinski definition) is 1. The van der Waals surface area contributed by atoms with Crippen LogP contribution in [0.3, 0.4) is 0 Å². The highest BCUT2D eigenvalue weighted by molar-refractivity contribution is 5.80. The van der Waals surface area contributed by atoms with E-state index in [1.807, 2.05) is 13.8 Å². The molecule has 1 atom stereocenters. The first-order valence-corrected chi connectivity index (χ1v) is 5.87. The highest BCUT2D eigenvalue weighted by Gasteiger charge is 2.20. The van der Waals surface area contributed by atoms with E-state index in [2.05, 4.69) is 27.7 Å². The molecule has 14 heavy (non-hydrogen) atoms. The van der Waals surface area contributed by atoms with E-state index < -0.39 is 0 Å². The smallest absolute Gasteiger partial charge is 0.135 e. The lowest BCUT2D eigenvalue weighted by atomic mass is 9.82. The maximum atomic E-state index is 11.6. The molecule has 84 valence electrons. The molecule has 1 nitrogen and oxygen atoms in total. The topological polar surface area (TPSA) is 17.1 Å². The molecule has 0 fully saturated rings. The van der Waals surface area contributed by atoms with Crippen LogP contribution in [0.4, 0.5) is 0 Å². The first kappa shape index (κ1) is 13.7. The summed E-state index contributed by atoms with van der Waals surface area (Å²) in [6, 6.07) is 0. The third-order valence-electron chi connectivity index (χ3n) is 2.82. The van der Waals surface area contributed by atoms with Gasteiger partial charge in [0.2, 0.25) is 0 Å². The van der Waals surface area contributed by atoms with Gasteiger partial charge in [-0.05, 0) is 24.2 Å². The van der Waals surface area contributed by atoms with Gasteiger partial charge >= 0.3 is 0 Å². The van der Waals surface area contributed by atoms with Crippen molar-refractivity contribution >= 4 is 5.78 Å². The summed E-state index contributed by atoms with van der Waals surface area (Å²) in [4.78, 5) is 11.6. The summed E-state index contributed by atoms with van der Waals surface area (Å²) in [6.45, 7) is 12.9. The SMILES string of the molecule is CC(C)CC(CC(=O)C(C)C)C(C)C. The van der Waals surface area contributed by atoms with Gasteiger partial charge in [-0.3, -0.25) is 4.79 Å². The lowest BCUT2D eigenvalue weighted by Gasteiger charge is -2.22. The molecule has 0 heterocycles. The number of ketones is 1. The number of carbonyl (C=O) groups excluding carboxylic acids is 1. The summed E-state index contributed by atoms with van der Waals surface area (Å²) in [5.41, 5.74) is 0. The highest BCUT2D eigenvalue weighted by atomic mass is 16.1. The van der Waals surface area contributed by atoms with Crippen LogP contribution in [0.5, 0.6) is 0 Å². The van der Waals surface area contributed by atoms with Gasteiger partial charge < -0.3 is 0 Å². The van der Waals surface area contributed by atoms with Gasteiger partial charge in [0.25, 0.3) is 0 Å². The predicted molar refractivity (Wildman–Crippen MR) is 62.2 cm³/mol. The van der Waals surface area contributed by atoms with Gasteiger partial charge in [-0.1, -0.05) is 41.5 Å². The fourth-order valence-electron chi connectivity index (χ4n) is 1.69. The third-order valence-corrected chi connectivity index (χ3v) is 2.82. The lowest BCUT2D eigenvalue weighted by molar-refractivity contribution is -0.123. The molecule has 0 bridgehead atoms. The molecule has 0 radical (unpaired) electrons. The highest BCUT2D eigenvalue weighted by Crippen LogP contribution is 2.24. The van der Waals surface area contributed by atoms with Crippen LogP contribution in [0.15, 0.2) is 0 Å². The van der Waals surface area contributed by atoms with Crippen molar-refractivity contribution in [1.29, 1.82) is 0 Å². The summed E-state index contributed by atoms with van der Waals surface area (Å²) < 4.78 is 0. The molecule has 1 unspecified atom stereocenters. The van der Waals surface area contributed by atoms with Crippen LogP contribution in [0.25, 0.3) is 0 Å². The normalized spacial score (nSPS) is 14.1. The minimum Gasteiger partial charge on any atom is -0.299 e. The fraction of sp³-hybridized carbons (Fsp3) is 0.923. The Hall–Kier alpha value is -0.330. The zero-order valence-electron chi connectivity index (χ0n) is 10.6. The maximum Gasteiger partial charge on any atom is 0.135 e. The van der Waals surface area contributed by atoms with E-state index in [0.29, 0.717) is 23.5 Å². The van der Waals surface area contributed by atoms with Crippen LogP contribution >= 0.6 is 0 Å². The summed E-state index contributed by atoms with van der Waals surface area (Å²) in [5.74, 6) is 2.51. The van der Waals surface area contributed by atoms with Crippen molar-refractivity contribution < 1.29 is 4.79 Å². The van der Waals surface area contributed by atoms with Gasteiger partial charge in [0.1, 0.15) is 5.78 Å². The Morgan fingerprint density at radius 1 is 1.00 bits per heavy atom. The third kappa shape index (κ3) is 5.41. The van der Waals surface area contributed by atoms with Gasteiger partial charge in [0.05, 0.1) is 0 Å². The lowest BCUT2D eigenvalue weighted by Crippen LogP contribution is -2.19. The first-order valence-electron chi connectivity index (χ1n) is 5.87. The molecule has 0 aromatic carbocycles. The molecule has 0 rings (SSSR count). The zero-order valence-corrected chi connectivity index (χ0v) is 10.6. The van der Waals surface area contributed by atoms with Gasteiger partial charge in [-0.25, -0.2) is 0 Å². The predicted octanol–water partition coefficient (Wildman–Crippen LogP) is 3.92. The Labute approximate surface area is 89.3 Å². The summed E-state index contributed by atoms with van der Waals surface area (Å²) in [5, 5.41) is 0. The molecule has 0 aliphatic heterocycles. The van der Waals surface area contributed by atoms with E-state index in [1.165, 1.54) is 6.42 Å². The molecule has 1 heteroatoms. The molecule has 0 N–H and O–H groups in total. The molecule has 0 saturated heterocycles. The molecular formula is C13H26O. The average Bonchev–Trinajstić information content (AvgIpc) is 2.01. The molecule has 0 saturated carbocycles. The van der Waals surface area contributed by atoms with E-state index in [1.54, 1.807) is 0 Å². The second kappa shape index (κ2) is 6.21. The standard InChI is InChI=1S/C13H26O/c1-9(2)7-12(10(3)4)8-13(14)11(5)6/h9-12H,7-8H2,1-6H3. The Balaban J connectivity index is 4.16. The van der Waals surface area contributed by atoms with E-state index in [0.717, 1.165) is 6.42 Å². The van der Waals surface area contributed by atoms with E-state index in [-0.39, 0.29) is 5.92 Å². The van der Waals surface area contributed by atoms with Crippen molar-refractivity contribution in [1.82, 2.24) is 0 Å². The van der Waals surface area contributed by atoms with Crippen LogP contribution in [0, 0.1) is 23.7 Å². The van der Waals surface area contributed by atoms with Crippen molar-refractivity contribution in [2.24, 2.45) is 23.7 Å². The number of carbonyl (C=O) groups is 1. The van der Waals surface area contributed by atoms with E-state index in [4.69, 9.17) is 0 Å². The van der Waals surface area contributed by atoms with Gasteiger partial charge in [0, 0.05) is 12.3 Å². The summed E-state index contributed by atoms with van der Waals surface area (Å²) >= 11 is 0. The average molecular weight is 198 g/mol. The Kier molecular flexibility index (Phi) is 6.06. The molecule has 0 spiro atoms. The maximum absolute atomic E-state index is 11.6. The molecular weight excluding hydrogens is 172 g/mol. The Morgan fingerprint density at radius 2 is 1.50 bits per heavy atom. The quantitative estimate of drug-likeness (QED) is 0.632. The molecule has 0 aromatic heterocycles. The Bertz CT molecular complexity index is 168. The van der Waals surface area contributed by atoms with E-state index in [9.17, 15) is 4.79 Å². The zero-order chi connectivity index (χ0) is 11.3. The summed E-state index contributed by atoms with van der Waals surface area (Å²) in [6.07, 6.45) is 1.95. The molecule has 0 aromatic rings. The van der Waals surface area contributed by atoms with E-state index >= 15 is 0 Å². The van der Waals surface area contributed by atoms with Crippen LogP contribution in [-0.4, -0.2) is 5.78 Å². The number of hydrogen-bond donors (Lipinski definition) is 0. The second-order valence-electron chi connectivity index (χ2n) is 5.46. The molecule has 0 amide bonds. The van der Waals surface area contributed by atoms with Crippen molar-refractivity contribution in [2.45, 2.75) is 54.4 Å². The second-order valence-corrected chi connectivity index (χ2v) is 5.46. The summed E-state index contributed by atoms with van der Waals surface area (Å²) in [7, 11) is 0. The fourth-order valence-corrected chi connectivity index (χ4v) is 1.69. The van der Waals surface area contributed by atoms with Crippen molar-refractivity contribution in [2.75, 3.05) is 0 Å². The first-order chi connectivity index (χ1) is 6.34. The number of rotatable bonds is 6. The minimum atomic E-state index is 0.198. The largest absolute Gasteiger partial charge is 0.299 e. The number of Topliss-reactive ketones (excluding diaryl/α,β-unsaturated/α-hetero) is 1. The molecule has 0 aliphatic carbocycles. The van der Waals surface area contributed by atoms with Gasteiger partial charge in [0.15, 0.2) is 0 Å². The van der Waals surface area contributed by atoms with Crippen LogP contribution in [-0.2, 0) is 4.79 Å². The van der Waals surface area contributed by atoms with Crippen LogP contribution in [0.1, 0.15) is 54.4 Å². The van der Waals surface area contributed by atoms with Crippen LogP contribution < -0.4 is 0 Å². The van der Waals surface area contributed by atoms with Gasteiger partial charge in [-0.2, -0.15) is 0 Å². The molecule has 0 aliphatic rings. The van der Waals surface area contributed by atoms with Crippen molar-refractivity contribution in [3.8, 4) is 0 Å². The van der Waals surface area contributed by atoms with Crippen molar-refractivity contribution in [3.05, 3.63) is 0 Å². The Morgan fingerprint density at radius 3 is 1.79 bits per heavy atom.